The number of rotatable bonds is 3. The van der Waals surface area contributed by atoms with Gasteiger partial charge in [-0.3, -0.25) is 0 Å². The lowest BCUT2D eigenvalue weighted by Crippen LogP contribution is -2.14. The highest BCUT2D eigenvalue weighted by Crippen LogP contribution is 2.25. The Morgan fingerprint density at radius 1 is 1.28 bits per heavy atom. The molecule has 0 atom stereocenters. The molecule has 0 spiro atoms. The normalized spacial score (nSPS) is 16.1. The van der Waals surface area contributed by atoms with E-state index in [4.69, 9.17) is 4.52 Å². The molecule has 3 rings (SSSR count). The summed E-state index contributed by atoms with van der Waals surface area (Å²) in [6.45, 7) is 1.80. The quantitative estimate of drug-likeness (QED) is 0.897. The Balaban J connectivity index is 1.80. The van der Waals surface area contributed by atoms with E-state index in [1.54, 1.807) is 6.92 Å². The molecule has 1 fully saturated rings. The van der Waals surface area contributed by atoms with E-state index in [0.717, 1.165) is 11.3 Å². The van der Waals surface area contributed by atoms with Crippen molar-refractivity contribution in [3.05, 3.63) is 30.2 Å². The summed E-state index contributed by atoms with van der Waals surface area (Å²) in [6.07, 6.45) is 5.21. The van der Waals surface area contributed by atoms with Crippen molar-refractivity contribution in [2.45, 2.75) is 38.6 Å². The summed E-state index contributed by atoms with van der Waals surface area (Å²) in [4.78, 5) is 4.25. The van der Waals surface area contributed by atoms with Crippen molar-refractivity contribution >= 4 is 5.69 Å². The van der Waals surface area contributed by atoms with Crippen LogP contribution in [0.1, 0.15) is 31.6 Å². The van der Waals surface area contributed by atoms with Crippen LogP contribution in [0.3, 0.4) is 0 Å². The Morgan fingerprint density at radius 3 is 2.83 bits per heavy atom. The maximum absolute atomic E-state index is 5.01. The van der Waals surface area contributed by atoms with E-state index in [2.05, 4.69) is 27.6 Å². The lowest BCUT2D eigenvalue weighted by Gasteiger charge is -2.13. The number of aryl methyl sites for hydroxylation is 1. The molecule has 0 amide bonds. The highest BCUT2D eigenvalue weighted by molar-refractivity contribution is 5.62. The van der Waals surface area contributed by atoms with Crippen LogP contribution in [-0.4, -0.2) is 16.2 Å². The molecule has 0 aliphatic heterocycles. The number of anilines is 1. The van der Waals surface area contributed by atoms with E-state index in [1.165, 1.54) is 25.7 Å². The van der Waals surface area contributed by atoms with Crippen molar-refractivity contribution in [3.63, 3.8) is 0 Å². The summed E-state index contributed by atoms with van der Waals surface area (Å²) in [7, 11) is 0. The molecule has 1 saturated carbocycles. The summed E-state index contributed by atoms with van der Waals surface area (Å²) in [5.41, 5.74) is 2.14. The van der Waals surface area contributed by atoms with Gasteiger partial charge in [-0.2, -0.15) is 4.98 Å². The zero-order chi connectivity index (χ0) is 12.4. The molecule has 0 saturated heterocycles. The molecule has 1 N–H and O–H groups in total. The van der Waals surface area contributed by atoms with Crippen molar-refractivity contribution in [3.8, 4) is 11.4 Å². The van der Waals surface area contributed by atoms with Crippen LogP contribution in [0.15, 0.2) is 28.8 Å². The molecule has 1 aliphatic carbocycles. The predicted octanol–water partition coefficient (Wildman–Crippen LogP) is 3.40. The van der Waals surface area contributed by atoms with Crippen molar-refractivity contribution < 1.29 is 4.52 Å². The molecular weight excluding hydrogens is 226 g/mol. The Bertz CT molecular complexity index is 529. The van der Waals surface area contributed by atoms with Gasteiger partial charge in [0.2, 0.25) is 11.7 Å². The fraction of sp³-hybridized carbons (Fsp3) is 0.429. The lowest BCUT2D eigenvalue weighted by atomic mass is 10.1. The molecule has 4 heteroatoms. The van der Waals surface area contributed by atoms with Gasteiger partial charge in [-0.25, -0.2) is 0 Å². The average molecular weight is 243 g/mol. The first kappa shape index (κ1) is 11.3. The Hall–Kier alpha value is -1.84. The van der Waals surface area contributed by atoms with E-state index in [0.29, 0.717) is 17.8 Å². The minimum atomic E-state index is 0.596. The van der Waals surface area contributed by atoms with E-state index in [1.807, 2.05) is 12.1 Å². The summed E-state index contributed by atoms with van der Waals surface area (Å²) in [6, 6.07) is 8.83. The molecule has 2 aromatic rings. The average Bonchev–Trinajstić information content (AvgIpc) is 3.01. The molecule has 1 heterocycles. The largest absolute Gasteiger partial charge is 0.382 e. The predicted molar refractivity (Wildman–Crippen MR) is 70.3 cm³/mol. The molecule has 1 aliphatic rings. The van der Waals surface area contributed by atoms with E-state index in [-0.39, 0.29) is 0 Å². The number of aromatic nitrogens is 2. The van der Waals surface area contributed by atoms with Gasteiger partial charge in [0.25, 0.3) is 0 Å². The zero-order valence-corrected chi connectivity index (χ0v) is 10.5. The van der Waals surface area contributed by atoms with Gasteiger partial charge in [0, 0.05) is 24.2 Å². The molecule has 1 aromatic heterocycles. The lowest BCUT2D eigenvalue weighted by molar-refractivity contribution is 0.394. The van der Waals surface area contributed by atoms with Crippen LogP contribution in [-0.2, 0) is 0 Å². The van der Waals surface area contributed by atoms with Crippen molar-refractivity contribution in [2.75, 3.05) is 5.32 Å². The molecule has 4 nitrogen and oxygen atoms in total. The summed E-state index contributed by atoms with van der Waals surface area (Å²) in [5.74, 6) is 1.25. The summed E-state index contributed by atoms with van der Waals surface area (Å²) < 4.78 is 5.01. The fourth-order valence-electron chi connectivity index (χ4n) is 2.47. The Morgan fingerprint density at radius 2 is 2.11 bits per heavy atom. The van der Waals surface area contributed by atoms with Crippen molar-refractivity contribution in [1.82, 2.24) is 10.1 Å². The fourth-order valence-corrected chi connectivity index (χ4v) is 2.47. The van der Waals surface area contributed by atoms with Gasteiger partial charge in [0.15, 0.2) is 0 Å². The summed E-state index contributed by atoms with van der Waals surface area (Å²) in [5, 5.41) is 7.52. The van der Waals surface area contributed by atoms with Crippen LogP contribution in [0.25, 0.3) is 11.4 Å². The molecular formula is C14H17N3O. The smallest absolute Gasteiger partial charge is 0.223 e. The van der Waals surface area contributed by atoms with E-state index < -0.39 is 0 Å². The second kappa shape index (κ2) is 4.80. The second-order valence-corrected chi connectivity index (χ2v) is 4.84. The highest BCUT2D eigenvalue weighted by Gasteiger charge is 2.14. The topological polar surface area (TPSA) is 51.0 Å². The van der Waals surface area contributed by atoms with Gasteiger partial charge in [-0.05, 0) is 25.0 Å². The van der Waals surface area contributed by atoms with Crippen LogP contribution in [0.4, 0.5) is 5.69 Å². The maximum atomic E-state index is 5.01. The van der Waals surface area contributed by atoms with Gasteiger partial charge < -0.3 is 9.84 Å². The number of benzene rings is 1. The molecule has 1 aromatic carbocycles. The van der Waals surface area contributed by atoms with Crippen LogP contribution >= 0.6 is 0 Å². The third-order valence-corrected chi connectivity index (χ3v) is 3.37. The van der Waals surface area contributed by atoms with Crippen molar-refractivity contribution in [2.24, 2.45) is 0 Å². The molecule has 0 radical (unpaired) electrons. The van der Waals surface area contributed by atoms with Gasteiger partial charge in [0.1, 0.15) is 0 Å². The van der Waals surface area contributed by atoms with Gasteiger partial charge in [-0.1, -0.05) is 30.1 Å². The third-order valence-electron chi connectivity index (χ3n) is 3.37. The molecule has 94 valence electrons. The Labute approximate surface area is 106 Å². The minimum absolute atomic E-state index is 0.596. The number of hydrogen-bond donors (Lipinski definition) is 1. The van der Waals surface area contributed by atoms with Gasteiger partial charge in [-0.15, -0.1) is 0 Å². The first-order chi connectivity index (χ1) is 8.81. The van der Waals surface area contributed by atoms with Gasteiger partial charge in [0.05, 0.1) is 0 Å². The first-order valence-electron chi connectivity index (χ1n) is 6.48. The summed E-state index contributed by atoms with van der Waals surface area (Å²) >= 11 is 0. The number of nitrogens with one attached hydrogen (secondary N) is 1. The van der Waals surface area contributed by atoms with E-state index >= 15 is 0 Å². The first-order valence-corrected chi connectivity index (χ1v) is 6.48. The minimum Gasteiger partial charge on any atom is -0.382 e. The second-order valence-electron chi connectivity index (χ2n) is 4.84. The van der Waals surface area contributed by atoms with Crippen LogP contribution in [0, 0.1) is 6.92 Å². The maximum Gasteiger partial charge on any atom is 0.223 e. The van der Waals surface area contributed by atoms with Crippen LogP contribution in [0.2, 0.25) is 0 Å². The van der Waals surface area contributed by atoms with Crippen molar-refractivity contribution in [1.29, 1.82) is 0 Å². The van der Waals surface area contributed by atoms with E-state index in [9.17, 15) is 0 Å². The molecule has 0 unspecified atom stereocenters. The standard InChI is InChI=1S/C14H17N3O/c1-10-15-14(17-18-10)11-5-4-8-13(9-11)16-12-6-2-3-7-12/h4-5,8-9,12,16H,2-3,6-7H2,1H3. The highest BCUT2D eigenvalue weighted by atomic mass is 16.5. The molecule has 0 bridgehead atoms. The zero-order valence-electron chi connectivity index (χ0n) is 10.5. The number of hydrogen-bond acceptors (Lipinski definition) is 4. The third kappa shape index (κ3) is 2.37. The monoisotopic (exact) mass is 243 g/mol. The van der Waals surface area contributed by atoms with Crippen LogP contribution < -0.4 is 5.32 Å². The SMILES string of the molecule is Cc1nc(-c2cccc(NC3CCCC3)c2)no1. The van der Waals surface area contributed by atoms with Gasteiger partial charge >= 0.3 is 0 Å². The number of nitrogens with zero attached hydrogens (tertiary/aromatic N) is 2. The molecule has 18 heavy (non-hydrogen) atoms. The van der Waals surface area contributed by atoms with Crippen LogP contribution in [0.5, 0.6) is 0 Å². The Kier molecular flexibility index (Phi) is 3.00.